The van der Waals surface area contributed by atoms with Crippen LogP contribution in [-0.2, 0) is 32.4 Å². The Balaban J connectivity index is 1.31. The Morgan fingerprint density at radius 3 is 2.56 bits per heavy atom. The van der Waals surface area contributed by atoms with E-state index in [-0.39, 0.29) is 23.3 Å². The lowest BCUT2D eigenvalue weighted by Crippen LogP contribution is -2.40. The summed E-state index contributed by atoms with van der Waals surface area (Å²) in [4.78, 5) is 33.7. The Bertz CT molecular complexity index is 1340. The van der Waals surface area contributed by atoms with Gasteiger partial charge in [0.05, 0.1) is 35.1 Å². The van der Waals surface area contributed by atoms with Gasteiger partial charge in [0.15, 0.2) is 15.6 Å². The summed E-state index contributed by atoms with van der Waals surface area (Å²) in [5.41, 5.74) is 3.16. The number of sulfone groups is 1. The van der Waals surface area contributed by atoms with Gasteiger partial charge in [0, 0.05) is 36.7 Å². The van der Waals surface area contributed by atoms with Gasteiger partial charge in [0.2, 0.25) is 5.91 Å². The maximum atomic E-state index is 13.8. The normalized spacial score (nSPS) is 24.2. The van der Waals surface area contributed by atoms with Gasteiger partial charge in [-0.2, -0.15) is 5.10 Å². The average Bonchev–Trinajstić information content (AvgIpc) is 3.42. The number of aryl methyl sites for hydroxylation is 1. The number of carbonyl (C=O) groups excluding carboxylic acids is 2. The van der Waals surface area contributed by atoms with Gasteiger partial charge in [0.25, 0.3) is 0 Å². The number of piperidine rings is 1. The molecule has 0 bridgehead atoms. The lowest BCUT2D eigenvalue weighted by molar-refractivity contribution is -0.126. The van der Waals surface area contributed by atoms with E-state index in [1.807, 2.05) is 13.1 Å². The molecule has 10 heteroatoms. The van der Waals surface area contributed by atoms with Gasteiger partial charge in [-0.3, -0.25) is 19.3 Å². The summed E-state index contributed by atoms with van der Waals surface area (Å²) < 4.78 is 29.7. The molecule has 1 N–H and O–H groups in total. The summed E-state index contributed by atoms with van der Waals surface area (Å²) in [7, 11) is -3.84. The van der Waals surface area contributed by atoms with Crippen LogP contribution in [0.1, 0.15) is 80.7 Å². The smallest absolute Gasteiger partial charge is 0.221 e. The molecular weight excluding hydrogens is 538 g/mol. The van der Waals surface area contributed by atoms with Crippen molar-refractivity contribution < 1.29 is 18.0 Å². The van der Waals surface area contributed by atoms with E-state index in [4.69, 9.17) is 0 Å². The molecule has 1 aromatic heterocycles. The van der Waals surface area contributed by atoms with Crippen molar-refractivity contribution in [3.8, 4) is 0 Å². The Kier molecular flexibility index (Phi) is 9.70. The monoisotopic (exact) mass is 581 g/mol. The number of amides is 1. The fraction of sp³-hybridized carbons (Fsp3) is 0.613. The summed E-state index contributed by atoms with van der Waals surface area (Å²) in [6.45, 7) is 6.49. The van der Waals surface area contributed by atoms with Crippen molar-refractivity contribution in [2.75, 3.05) is 26.2 Å². The van der Waals surface area contributed by atoms with E-state index in [9.17, 15) is 18.0 Å². The van der Waals surface area contributed by atoms with Crippen LogP contribution in [-0.4, -0.2) is 72.4 Å². The minimum atomic E-state index is -3.84. The van der Waals surface area contributed by atoms with E-state index in [0.717, 1.165) is 56.6 Å². The minimum absolute atomic E-state index is 0.185. The summed E-state index contributed by atoms with van der Waals surface area (Å²) in [5.74, 6) is -1.69. The van der Waals surface area contributed by atoms with E-state index in [0.29, 0.717) is 25.8 Å². The van der Waals surface area contributed by atoms with Crippen molar-refractivity contribution in [3.05, 3.63) is 47.3 Å². The number of nitrogens with zero attached hydrogens (tertiary/aromatic N) is 4. The summed E-state index contributed by atoms with van der Waals surface area (Å²) >= 11 is 0. The standard InChI is InChI=1S/C31H43N5O4S/c1-23-11-13-24(14-12-23)41(39,40)30-10-3-4-15-32-22-29(37)25(30)20-31(38)34-27-8-7-9-28-26(27)21-33-36(28)19-18-35-16-5-2-6-17-35/h11-14,21-22,25,27,30H,2-10,15-20H2,1H3,(H,34,38)/t25?,27?,30-/m1/s1. The third kappa shape index (κ3) is 7.15. The molecule has 41 heavy (non-hydrogen) atoms. The van der Waals surface area contributed by atoms with Gasteiger partial charge in [-0.1, -0.05) is 30.5 Å². The Morgan fingerprint density at radius 2 is 1.78 bits per heavy atom. The summed E-state index contributed by atoms with van der Waals surface area (Å²) in [6, 6.07) is 6.53. The second kappa shape index (κ2) is 13.4. The number of hydrogen-bond acceptors (Lipinski definition) is 7. The van der Waals surface area contributed by atoms with E-state index in [1.165, 1.54) is 31.2 Å². The Labute approximate surface area is 243 Å². The Hall–Kier alpha value is -2.85. The molecule has 2 unspecified atom stereocenters. The first kappa shape index (κ1) is 29.6. The van der Waals surface area contributed by atoms with Crippen molar-refractivity contribution in [1.82, 2.24) is 20.0 Å². The maximum absolute atomic E-state index is 13.8. The van der Waals surface area contributed by atoms with Crippen molar-refractivity contribution >= 4 is 27.7 Å². The lowest BCUT2D eigenvalue weighted by Gasteiger charge is -2.28. The fourth-order valence-corrected chi connectivity index (χ4v) is 8.53. The van der Waals surface area contributed by atoms with Crippen LogP contribution in [0.4, 0.5) is 0 Å². The van der Waals surface area contributed by atoms with Crippen molar-refractivity contribution in [2.45, 2.75) is 93.9 Å². The minimum Gasteiger partial charge on any atom is -0.349 e. The van der Waals surface area contributed by atoms with Crippen LogP contribution in [0.15, 0.2) is 40.4 Å². The molecule has 2 aromatic rings. The predicted molar refractivity (Wildman–Crippen MR) is 159 cm³/mol. The number of hydrogen-bond donors (Lipinski definition) is 1. The molecule has 3 atom stereocenters. The van der Waals surface area contributed by atoms with Crippen LogP contribution >= 0.6 is 0 Å². The highest BCUT2D eigenvalue weighted by atomic mass is 32.2. The number of nitrogens with one attached hydrogen (secondary N) is 1. The molecule has 5 rings (SSSR count). The largest absolute Gasteiger partial charge is 0.349 e. The summed E-state index contributed by atoms with van der Waals surface area (Å²) in [5, 5.41) is 6.83. The van der Waals surface area contributed by atoms with Crippen LogP contribution in [0, 0.1) is 12.8 Å². The second-order valence-electron chi connectivity index (χ2n) is 11.8. The quantitative estimate of drug-likeness (QED) is 0.507. The van der Waals surface area contributed by atoms with E-state index < -0.39 is 26.8 Å². The zero-order valence-electron chi connectivity index (χ0n) is 24.1. The molecule has 1 aromatic carbocycles. The second-order valence-corrected chi connectivity index (χ2v) is 14.0. The number of aromatic nitrogens is 2. The van der Waals surface area contributed by atoms with Crippen molar-refractivity contribution in [3.63, 3.8) is 0 Å². The third-order valence-corrected chi connectivity index (χ3v) is 11.2. The molecule has 1 saturated heterocycles. The SMILES string of the molecule is Cc1ccc(S(=O)(=O)[C@@H]2CCCCN=CC(=O)C2CC(=O)NC2CCCc3c2cnn3CCN2CCCCC2)cc1. The zero-order valence-corrected chi connectivity index (χ0v) is 24.9. The Morgan fingerprint density at radius 1 is 1.00 bits per heavy atom. The number of carbonyl (C=O) groups is 2. The van der Waals surface area contributed by atoms with Gasteiger partial charge in [-0.05, 0) is 77.1 Å². The molecule has 2 aliphatic heterocycles. The van der Waals surface area contributed by atoms with Crippen molar-refractivity contribution in [2.24, 2.45) is 10.9 Å². The highest BCUT2D eigenvalue weighted by Crippen LogP contribution is 2.32. The van der Waals surface area contributed by atoms with Gasteiger partial charge in [0.1, 0.15) is 0 Å². The number of benzene rings is 1. The highest BCUT2D eigenvalue weighted by molar-refractivity contribution is 7.92. The third-order valence-electron chi connectivity index (χ3n) is 8.89. The number of Topliss-reactive ketones (excluding diaryl/α,β-unsaturated/α-hetero) is 1. The number of rotatable bonds is 8. The van der Waals surface area contributed by atoms with Crippen LogP contribution in [0.5, 0.6) is 0 Å². The first-order valence-corrected chi connectivity index (χ1v) is 16.8. The zero-order chi connectivity index (χ0) is 28.8. The highest BCUT2D eigenvalue weighted by Gasteiger charge is 2.40. The van der Waals surface area contributed by atoms with E-state index in [1.54, 1.807) is 24.3 Å². The van der Waals surface area contributed by atoms with Crippen molar-refractivity contribution in [1.29, 1.82) is 0 Å². The molecule has 0 saturated carbocycles. The van der Waals surface area contributed by atoms with Crippen LogP contribution in [0.3, 0.4) is 0 Å². The van der Waals surface area contributed by atoms with Crippen LogP contribution in [0.25, 0.3) is 0 Å². The van der Waals surface area contributed by atoms with Gasteiger partial charge in [-0.15, -0.1) is 0 Å². The van der Waals surface area contributed by atoms with E-state index in [2.05, 4.69) is 25.0 Å². The molecule has 0 radical (unpaired) electrons. The number of likely N-dealkylation sites (tertiary alicyclic amines) is 1. The molecule has 1 aliphatic carbocycles. The van der Waals surface area contributed by atoms with Crippen LogP contribution in [0.2, 0.25) is 0 Å². The van der Waals surface area contributed by atoms with E-state index >= 15 is 0 Å². The van der Waals surface area contributed by atoms with Gasteiger partial charge >= 0.3 is 0 Å². The number of aliphatic imine (C=N–C) groups is 1. The first-order chi connectivity index (χ1) is 19.8. The molecule has 222 valence electrons. The van der Waals surface area contributed by atoms with Gasteiger partial charge < -0.3 is 10.2 Å². The maximum Gasteiger partial charge on any atom is 0.221 e. The lowest BCUT2D eigenvalue weighted by atomic mass is 9.91. The summed E-state index contributed by atoms with van der Waals surface area (Å²) in [6.07, 6.45) is 11.1. The molecular formula is C31H43N5O4S. The molecule has 0 spiro atoms. The molecule has 1 amide bonds. The predicted octanol–water partition coefficient (Wildman–Crippen LogP) is 3.84. The topological polar surface area (TPSA) is 114 Å². The molecule has 9 nitrogen and oxygen atoms in total. The average molecular weight is 582 g/mol. The van der Waals surface area contributed by atoms with Crippen LogP contribution < -0.4 is 5.32 Å². The molecule has 3 aliphatic rings. The number of fused-ring (bicyclic) bond motifs is 1. The number of ketones is 1. The molecule has 3 heterocycles. The molecule has 1 fully saturated rings. The van der Waals surface area contributed by atoms with Gasteiger partial charge in [-0.25, -0.2) is 8.42 Å². The first-order valence-electron chi connectivity index (χ1n) is 15.2. The fourth-order valence-electron chi connectivity index (χ4n) is 6.52.